The highest BCUT2D eigenvalue weighted by atomic mass is 32.1. The summed E-state index contributed by atoms with van der Waals surface area (Å²) in [6.07, 6.45) is 4.96. The number of carbonyl (C=O) groups excluding carboxylic acids is 1. The smallest absolute Gasteiger partial charge is 0.209 e. The van der Waals surface area contributed by atoms with Crippen LogP contribution in [0.1, 0.15) is 17.4 Å². The molecule has 1 amide bonds. The van der Waals surface area contributed by atoms with Crippen molar-refractivity contribution in [1.29, 1.82) is 5.41 Å². The average Bonchev–Trinajstić information content (AvgIpc) is 2.88. The highest BCUT2D eigenvalue weighted by Crippen LogP contribution is 2.28. The van der Waals surface area contributed by atoms with Gasteiger partial charge in [-0.15, -0.1) is 11.3 Å². The van der Waals surface area contributed by atoms with Crippen molar-refractivity contribution in [3.8, 4) is 0 Å². The molecule has 1 aromatic rings. The van der Waals surface area contributed by atoms with Gasteiger partial charge in [-0.1, -0.05) is 12.2 Å². The van der Waals surface area contributed by atoms with Crippen molar-refractivity contribution < 1.29 is 4.79 Å². The van der Waals surface area contributed by atoms with Crippen LogP contribution in [0.3, 0.4) is 0 Å². The van der Waals surface area contributed by atoms with Crippen molar-refractivity contribution in [2.24, 2.45) is 0 Å². The Bertz CT molecular complexity index is 530. The largest absolute Gasteiger partial charge is 0.373 e. The number of rotatable bonds is 5. The molecule has 1 aliphatic heterocycles. The number of hydrogen-bond donors (Lipinski definition) is 2. The van der Waals surface area contributed by atoms with Crippen molar-refractivity contribution in [1.82, 2.24) is 9.80 Å². The number of hydrogen-bond acceptors (Lipinski definition) is 4. The van der Waals surface area contributed by atoms with Crippen LogP contribution in [0.15, 0.2) is 18.2 Å². The second kappa shape index (κ2) is 7.26. The molecule has 114 valence electrons. The Morgan fingerprint density at radius 3 is 2.76 bits per heavy atom. The molecule has 0 unspecified atom stereocenters. The lowest BCUT2D eigenvalue weighted by Gasteiger charge is -2.34. The minimum atomic E-state index is 0.549. The summed E-state index contributed by atoms with van der Waals surface area (Å²) >= 11 is 1.68. The van der Waals surface area contributed by atoms with E-state index in [4.69, 9.17) is 5.41 Å². The normalized spacial score (nSPS) is 15.5. The van der Waals surface area contributed by atoms with Gasteiger partial charge in [0.1, 0.15) is 5.84 Å². The second-order valence-electron chi connectivity index (χ2n) is 5.03. The predicted octanol–water partition coefficient (Wildman–Crippen LogP) is 2.14. The first-order chi connectivity index (χ1) is 10.2. The first-order valence-corrected chi connectivity index (χ1v) is 7.96. The summed E-state index contributed by atoms with van der Waals surface area (Å²) in [5.74, 6) is 0.549. The second-order valence-corrected chi connectivity index (χ2v) is 6.28. The number of carbonyl (C=O) groups is 1. The minimum absolute atomic E-state index is 0.549. The summed E-state index contributed by atoms with van der Waals surface area (Å²) in [7, 11) is 0. The predicted molar refractivity (Wildman–Crippen MR) is 88.4 cm³/mol. The Hall–Kier alpha value is -1.82. The number of amidine groups is 1. The quantitative estimate of drug-likeness (QED) is 0.379. The Balaban J connectivity index is 2.06. The zero-order chi connectivity index (χ0) is 15.2. The van der Waals surface area contributed by atoms with Gasteiger partial charge in [-0.3, -0.25) is 10.2 Å². The highest BCUT2D eigenvalue weighted by Gasteiger charge is 2.21. The molecule has 0 saturated carbocycles. The summed E-state index contributed by atoms with van der Waals surface area (Å²) in [6, 6.07) is 2.07. The first kappa shape index (κ1) is 15.6. The molecule has 0 radical (unpaired) electrons. The number of nitrogens with one attached hydrogen (secondary N) is 2. The number of anilines is 1. The molecule has 1 fully saturated rings. The number of piperazine rings is 1. The molecule has 1 aliphatic rings. The Morgan fingerprint density at radius 2 is 2.14 bits per heavy atom. The zero-order valence-corrected chi connectivity index (χ0v) is 13.4. The van der Waals surface area contributed by atoms with Gasteiger partial charge in [-0.05, 0) is 19.9 Å². The molecule has 0 aliphatic carbocycles. The van der Waals surface area contributed by atoms with Gasteiger partial charge in [-0.2, -0.15) is 0 Å². The Morgan fingerprint density at radius 1 is 1.43 bits per heavy atom. The van der Waals surface area contributed by atoms with Crippen LogP contribution < -0.4 is 5.32 Å². The van der Waals surface area contributed by atoms with E-state index < -0.39 is 0 Å². The van der Waals surface area contributed by atoms with Crippen molar-refractivity contribution in [2.45, 2.75) is 13.8 Å². The van der Waals surface area contributed by atoms with E-state index in [0.717, 1.165) is 36.6 Å². The SMILES string of the molecule is C/C=C\CNc1sc(C)cc1C(=N)N1CCN(C=O)CC1. The van der Waals surface area contributed by atoms with Gasteiger partial charge >= 0.3 is 0 Å². The molecule has 5 nitrogen and oxygen atoms in total. The van der Waals surface area contributed by atoms with E-state index in [-0.39, 0.29) is 0 Å². The van der Waals surface area contributed by atoms with Gasteiger partial charge in [0.05, 0.1) is 10.6 Å². The average molecular weight is 306 g/mol. The van der Waals surface area contributed by atoms with E-state index in [1.165, 1.54) is 4.88 Å². The minimum Gasteiger partial charge on any atom is -0.373 e. The van der Waals surface area contributed by atoms with Crippen LogP contribution in [0, 0.1) is 12.3 Å². The molecule has 21 heavy (non-hydrogen) atoms. The van der Waals surface area contributed by atoms with E-state index >= 15 is 0 Å². The van der Waals surface area contributed by atoms with E-state index in [1.807, 2.05) is 17.9 Å². The van der Waals surface area contributed by atoms with E-state index in [9.17, 15) is 4.79 Å². The van der Waals surface area contributed by atoms with Crippen LogP contribution in [0.4, 0.5) is 5.00 Å². The molecule has 6 heteroatoms. The fourth-order valence-corrected chi connectivity index (χ4v) is 3.23. The molecule has 1 aromatic heterocycles. The summed E-state index contributed by atoms with van der Waals surface area (Å²) in [6.45, 7) is 7.66. The number of aryl methyl sites for hydroxylation is 1. The van der Waals surface area contributed by atoms with Gasteiger partial charge in [0, 0.05) is 37.6 Å². The van der Waals surface area contributed by atoms with Crippen LogP contribution >= 0.6 is 11.3 Å². The van der Waals surface area contributed by atoms with Crippen LogP contribution in [0.2, 0.25) is 0 Å². The molecule has 2 rings (SSSR count). The summed E-state index contributed by atoms with van der Waals surface area (Å²) in [5.41, 5.74) is 0.960. The lowest BCUT2D eigenvalue weighted by molar-refractivity contribution is -0.119. The summed E-state index contributed by atoms with van der Waals surface area (Å²) in [4.78, 5) is 15.7. The van der Waals surface area contributed by atoms with Crippen molar-refractivity contribution in [2.75, 3.05) is 38.0 Å². The van der Waals surface area contributed by atoms with Gasteiger partial charge in [0.2, 0.25) is 6.41 Å². The maximum absolute atomic E-state index is 10.7. The van der Waals surface area contributed by atoms with Gasteiger partial charge < -0.3 is 15.1 Å². The van der Waals surface area contributed by atoms with E-state index in [1.54, 1.807) is 16.2 Å². The van der Waals surface area contributed by atoms with E-state index in [2.05, 4.69) is 24.4 Å². The maximum Gasteiger partial charge on any atom is 0.209 e. The number of nitrogens with zero attached hydrogens (tertiary/aromatic N) is 2. The van der Waals surface area contributed by atoms with Crippen LogP contribution in [-0.2, 0) is 4.79 Å². The summed E-state index contributed by atoms with van der Waals surface area (Å²) < 4.78 is 0. The maximum atomic E-state index is 10.7. The molecule has 0 spiro atoms. The lowest BCUT2D eigenvalue weighted by Crippen LogP contribution is -2.48. The molecular weight excluding hydrogens is 284 g/mol. The molecule has 0 aromatic carbocycles. The molecule has 2 heterocycles. The van der Waals surface area contributed by atoms with Gasteiger partial charge in [0.25, 0.3) is 0 Å². The molecule has 0 bridgehead atoms. The lowest BCUT2D eigenvalue weighted by atomic mass is 10.2. The van der Waals surface area contributed by atoms with E-state index in [0.29, 0.717) is 18.9 Å². The van der Waals surface area contributed by atoms with Gasteiger partial charge in [-0.25, -0.2) is 0 Å². The molecule has 2 N–H and O–H groups in total. The Labute approximate surface area is 129 Å². The Kier molecular flexibility index (Phi) is 5.38. The first-order valence-electron chi connectivity index (χ1n) is 7.14. The number of allylic oxidation sites excluding steroid dienone is 1. The topological polar surface area (TPSA) is 59.4 Å². The van der Waals surface area contributed by atoms with Crippen LogP contribution in [0.5, 0.6) is 0 Å². The highest BCUT2D eigenvalue weighted by molar-refractivity contribution is 7.16. The summed E-state index contributed by atoms with van der Waals surface area (Å²) in [5, 5.41) is 12.9. The fraction of sp³-hybridized carbons (Fsp3) is 0.467. The van der Waals surface area contributed by atoms with Gasteiger partial charge in [0.15, 0.2) is 0 Å². The fourth-order valence-electron chi connectivity index (χ4n) is 2.31. The van der Waals surface area contributed by atoms with Crippen LogP contribution in [-0.4, -0.2) is 54.8 Å². The molecular formula is C15H22N4OS. The molecule has 1 saturated heterocycles. The third-order valence-electron chi connectivity index (χ3n) is 3.51. The molecule has 0 atom stereocenters. The van der Waals surface area contributed by atoms with Crippen LogP contribution in [0.25, 0.3) is 0 Å². The number of thiophene rings is 1. The third kappa shape index (κ3) is 3.85. The zero-order valence-electron chi connectivity index (χ0n) is 12.6. The van der Waals surface area contributed by atoms with Crippen molar-refractivity contribution >= 4 is 28.6 Å². The number of amides is 1. The van der Waals surface area contributed by atoms with Crippen molar-refractivity contribution in [3.63, 3.8) is 0 Å². The monoisotopic (exact) mass is 306 g/mol. The standard InChI is InChI=1S/C15H22N4OS/c1-3-4-5-17-15-13(10-12(2)21-15)14(16)19-8-6-18(11-20)7-9-19/h3-4,10-11,16-17H,5-9H2,1-2H3/b4-3-,16-14?. The third-order valence-corrected chi connectivity index (χ3v) is 4.51. The van der Waals surface area contributed by atoms with Crippen molar-refractivity contribution in [3.05, 3.63) is 28.7 Å².